The number of carbonyl (C=O) groups excluding carboxylic acids is 2. The number of para-hydroxylation sites is 2. The fourth-order valence-corrected chi connectivity index (χ4v) is 3.97. The number of anilines is 2. The Balaban J connectivity index is 1.48. The molecule has 0 spiro atoms. The Labute approximate surface area is 179 Å². The molecule has 1 fully saturated rings. The fourth-order valence-electron chi connectivity index (χ4n) is 3.97. The summed E-state index contributed by atoms with van der Waals surface area (Å²) >= 11 is 0. The molecule has 0 aliphatic carbocycles. The first-order valence-electron chi connectivity index (χ1n) is 10.3. The molecule has 31 heavy (non-hydrogen) atoms. The smallest absolute Gasteiger partial charge is 0.271 e. The molecule has 1 saturated heterocycles. The van der Waals surface area contributed by atoms with E-state index in [2.05, 4.69) is 5.32 Å². The maximum Gasteiger partial charge on any atom is 0.271 e. The highest BCUT2D eigenvalue weighted by Crippen LogP contribution is 2.33. The molecular formula is C22H24N4O5. The van der Waals surface area contributed by atoms with Gasteiger partial charge < -0.3 is 19.9 Å². The van der Waals surface area contributed by atoms with Gasteiger partial charge in [-0.1, -0.05) is 18.2 Å². The molecular weight excluding hydrogens is 400 g/mol. The second-order valence-electron chi connectivity index (χ2n) is 7.70. The van der Waals surface area contributed by atoms with E-state index in [1.54, 1.807) is 12.1 Å². The summed E-state index contributed by atoms with van der Waals surface area (Å²) in [5, 5.41) is 13.7. The van der Waals surface area contributed by atoms with Gasteiger partial charge in [0.2, 0.25) is 5.91 Å². The zero-order valence-corrected chi connectivity index (χ0v) is 17.0. The highest BCUT2D eigenvalue weighted by atomic mass is 16.6. The molecule has 9 heteroatoms. The molecule has 0 radical (unpaired) electrons. The van der Waals surface area contributed by atoms with Crippen molar-refractivity contribution in [2.75, 3.05) is 36.4 Å². The predicted octanol–water partition coefficient (Wildman–Crippen LogP) is 2.81. The van der Waals surface area contributed by atoms with Crippen LogP contribution >= 0.6 is 0 Å². The summed E-state index contributed by atoms with van der Waals surface area (Å²) in [6, 6.07) is 13.1. The monoisotopic (exact) mass is 424 g/mol. The first-order valence-corrected chi connectivity index (χ1v) is 10.3. The van der Waals surface area contributed by atoms with E-state index < -0.39 is 11.0 Å². The number of hydrogen-bond donors (Lipinski definition) is 1. The van der Waals surface area contributed by atoms with Crippen molar-refractivity contribution in [3.63, 3.8) is 0 Å². The number of nitro groups is 1. The van der Waals surface area contributed by atoms with Crippen LogP contribution in [-0.2, 0) is 9.59 Å². The number of fused-ring (bicyclic) bond motifs is 1. The normalized spacial score (nSPS) is 18.0. The summed E-state index contributed by atoms with van der Waals surface area (Å²) in [6.45, 7) is 1.71. The van der Waals surface area contributed by atoms with Gasteiger partial charge in [0.05, 0.1) is 23.7 Å². The molecule has 2 aliphatic rings. The van der Waals surface area contributed by atoms with Crippen molar-refractivity contribution in [2.24, 2.45) is 0 Å². The average Bonchev–Trinajstić information content (AvgIpc) is 2.79. The first-order chi connectivity index (χ1) is 15.0. The second kappa shape index (κ2) is 9.03. The minimum Gasteiger partial charge on any atom is -0.477 e. The van der Waals surface area contributed by atoms with Gasteiger partial charge in [-0.15, -0.1) is 0 Å². The number of benzene rings is 2. The number of amides is 2. The maximum atomic E-state index is 13.0. The Morgan fingerprint density at radius 2 is 1.87 bits per heavy atom. The van der Waals surface area contributed by atoms with E-state index in [9.17, 15) is 19.7 Å². The summed E-state index contributed by atoms with van der Waals surface area (Å²) in [4.78, 5) is 39.8. The number of carbonyl (C=O) groups is 2. The van der Waals surface area contributed by atoms with E-state index in [-0.39, 0.29) is 30.6 Å². The standard InChI is InChI=1S/C22H24N4O5/c27-21(23-16-7-6-8-17(13-16)26(29)30)15-25-14-20(22(28)24-11-4-1-5-12-24)31-19-10-3-2-9-18(19)25/h2-3,6-10,13,20H,1,4-5,11-12,14-15H2,(H,23,27)/t20-/m1/s1. The van der Waals surface area contributed by atoms with Crippen molar-refractivity contribution in [3.05, 3.63) is 58.6 Å². The summed E-state index contributed by atoms with van der Waals surface area (Å²) in [6.07, 6.45) is 2.43. The molecule has 0 unspecified atom stereocenters. The molecule has 2 heterocycles. The minimum absolute atomic E-state index is 0.00710. The van der Waals surface area contributed by atoms with Gasteiger partial charge in [-0.3, -0.25) is 19.7 Å². The molecule has 2 aliphatic heterocycles. The lowest BCUT2D eigenvalue weighted by Crippen LogP contribution is -2.52. The molecule has 1 N–H and O–H groups in total. The number of likely N-dealkylation sites (tertiary alicyclic amines) is 1. The number of nitrogens with one attached hydrogen (secondary N) is 1. The number of nitro benzene ring substituents is 1. The molecule has 2 aromatic carbocycles. The third kappa shape index (κ3) is 4.76. The van der Waals surface area contributed by atoms with Crippen LogP contribution < -0.4 is 15.0 Å². The molecule has 4 rings (SSSR count). The van der Waals surface area contributed by atoms with E-state index in [0.29, 0.717) is 11.4 Å². The van der Waals surface area contributed by atoms with Crippen LogP contribution in [0.2, 0.25) is 0 Å². The molecule has 9 nitrogen and oxygen atoms in total. The van der Waals surface area contributed by atoms with E-state index in [4.69, 9.17) is 4.74 Å². The Bertz CT molecular complexity index is 989. The van der Waals surface area contributed by atoms with Gasteiger partial charge in [-0.2, -0.15) is 0 Å². The number of ether oxygens (including phenoxy) is 1. The summed E-state index contributed by atoms with van der Waals surface area (Å²) in [5.74, 6) is 0.173. The Morgan fingerprint density at radius 3 is 2.65 bits per heavy atom. The number of nitrogens with zero attached hydrogens (tertiary/aromatic N) is 3. The van der Waals surface area contributed by atoms with E-state index in [1.807, 2.05) is 28.0 Å². The Kier molecular flexibility index (Phi) is 6.01. The van der Waals surface area contributed by atoms with Gasteiger partial charge >= 0.3 is 0 Å². The second-order valence-corrected chi connectivity index (χ2v) is 7.70. The van der Waals surface area contributed by atoms with Crippen LogP contribution in [0.3, 0.4) is 0 Å². The quantitative estimate of drug-likeness (QED) is 0.585. The van der Waals surface area contributed by atoms with Gasteiger partial charge in [0.1, 0.15) is 5.75 Å². The molecule has 2 aromatic rings. The van der Waals surface area contributed by atoms with Crippen LogP contribution in [0.15, 0.2) is 48.5 Å². The number of hydrogen-bond acceptors (Lipinski definition) is 6. The third-order valence-corrected chi connectivity index (χ3v) is 5.48. The SMILES string of the molecule is O=C(CN1C[C@H](C(=O)N2CCCCC2)Oc2ccccc21)Nc1cccc([N+](=O)[O-])c1. The number of rotatable bonds is 5. The highest BCUT2D eigenvalue weighted by Gasteiger charge is 2.34. The van der Waals surface area contributed by atoms with Gasteiger partial charge in [0, 0.05) is 30.9 Å². The van der Waals surface area contributed by atoms with Crippen LogP contribution in [0, 0.1) is 10.1 Å². The first kappa shape index (κ1) is 20.6. The van der Waals surface area contributed by atoms with Crippen molar-refractivity contribution in [1.29, 1.82) is 0 Å². The van der Waals surface area contributed by atoms with Crippen molar-refractivity contribution < 1.29 is 19.2 Å². The largest absolute Gasteiger partial charge is 0.477 e. The Morgan fingerprint density at radius 1 is 1.10 bits per heavy atom. The molecule has 0 saturated carbocycles. The van der Waals surface area contributed by atoms with Crippen molar-refractivity contribution in [1.82, 2.24) is 4.90 Å². The van der Waals surface area contributed by atoms with Gasteiger partial charge in [-0.05, 0) is 37.5 Å². The van der Waals surface area contributed by atoms with Gasteiger partial charge in [0.25, 0.3) is 11.6 Å². The zero-order chi connectivity index (χ0) is 21.8. The van der Waals surface area contributed by atoms with Gasteiger partial charge in [-0.25, -0.2) is 0 Å². The van der Waals surface area contributed by atoms with Crippen LogP contribution in [0.1, 0.15) is 19.3 Å². The molecule has 2 amide bonds. The topological polar surface area (TPSA) is 105 Å². The average molecular weight is 424 g/mol. The van der Waals surface area contributed by atoms with E-state index in [0.717, 1.165) is 38.0 Å². The summed E-state index contributed by atoms with van der Waals surface area (Å²) < 4.78 is 5.98. The Hall–Kier alpha value is -3.62. The van der Waals surface area contributed by atoms with Gasteiger partial charge in [0.15, 0.2) is 6.10 Å². The molecule has 0 bridgehead atoms. The highest BCUT2D eigenvalue weighted by molar-refractivity contribution is 5.95. The van der Waals surface area contributed by atoms with Crippen LogP contribution in [0.25, 0.3) is 0 Å². The molecule has 162 valence electrons. The lowest BCUT2D eigenvalue weighted by Gasteiger charge is -2.38. The van der Waals surface area contributed by atoms with E-state index in [1.165, 1.54) is 18.2 Å². The number of piperidine rings is 1. The lowest BCUT2D eigenvalue weighted by molar-refractivity contribution is -0.384. The molecule has 0 aromatic heterocycles. The van der Waals surface area contributed by atoms with Crippen molar-refractivity contribution in [3.8, 4) is 5.75 Å². The molecule has 1 atom stereocenters. The van der Waals surface area contributed by atoms with Crippen molar-refractivity contribution in [2.45, 2.75) is 25.4 Å². The summed E-state index contributed by atoms with van der Waals surface area (Å²) in [5.41, 5.74) is 0.989. The minimum atomic E-state index is -0.682. The van der Waals surface area contributed by atoms with Crippen LogP contribution in [-0.4, -0.2) is 53.9 Å². The zero-order valence-electron chi connectivity index (χ0n) is 17.0. The maximum absolute atomic E-state index is 13.0. The fraction of sp³-hybridized carbons (Fsp3) is 0.364. The third-order valence-electron chi connectivity index (χ3n) is 5.48. The summed E-state index contributed by atoms with van der Waals surface area (Å²) in [7, 11) is 0. The predicted molar refractivity (Wildman–Crippen MR) is 115 cm³/mol. The van der Waals surface area contributed by atoms with E-state index >= 15 is 0 Å². The van der Waals surface area contributed by atoms with Crippen molar-refractivity contribution >= 4 is 28.9 Å². The van der Waals surface area contributed by atoms with Crippen LogP contribution in [0.4, 0.5) is 17.1 Å². The number of non-ortho nitro benzene ring substituents is 1. The van der Waals surface area contributed by atoms with Crippen LogP contribution in [0.5, 0.6) is 5.75 Å². The lowest BCUT2D eigenvalue weighted by atomic mass is 10.1.